The fourth-order valence-corrected chi connectivity index (χ4v) is 1.01. The van der Waals surface area contributed by atoms with E-state index in [-0.39, 0.29) is 11.9 Å². The Morgan fingerprint density at radius 3 is 2.31 bits per heavy atom. The van der Waals surface area contributed by atoms with Crippen LogP contribution in [-0.4, -0.2) is 29.9 Å². The topological polar surface area (TPSA) is 58.4 Å². The van der Waals surface area contributed by atoms with Gasteiger partial charge in [-0.2, -0.15) is 0 Å². The minimum absolute atomic E-state index is 0.205. The van der Waals surface area contributed by atoms with Crippen LogP contribution in [0.15, 0.2) is 25.3 Å². The highest BCUT2D eigenvalue weighted by Crippen LogP contribution is 1.98. The number of nitrogens with one attached hydrogen (secondary N) is 1. The van der Waals surface area contributed by atoms with Crippen molar-refractivity contribution in [3.05, 3.63) is 25.3 Å². The van der Waals surface area contributed by atoms with Crippen LogP contribution in [0.5, 0.6) is 0 Å². The summed E-state index contributed by atoms with van der Waals surface area (Å²) in [5.74, 6) is 4.82. The fraction of sp³-hybridized carbons (Fsp3) is 0.444. The van der Waals surface area contributed by atoms with Crippen molar-refractivity contribution in [3.8, 4) is 0 Å². The Hall–Kier alpha value is -1.13. The number of hydrazine groups is 1. The molecule has 4 heteroatoms. The number of hydrogen-bond donors (Lipinski definition) is 2. The van der Waals surface area contributed by atoms with Gasteiger partial charge in [-0.3, -0.25) is 15.1 Å². The normalized spacial score (nSPS) is 12.2. The largest absolute Gasteiger partial charge is 0.293 e. The lowest BCUT2D eigenvalue weighted by Gasteiger charge is -2.24. The third kappa shape index (κ3) is 3.87. The van der Waals surface area contributed by atoms with Crippen molar-refractivity contribution in [1.82, 2.24) is 10.3 Å². The average Bonchev–Trinajstić information content (AvgIpc) is 2.15. The molecule has 0 heterocycles. The van der Waals surface area contributed by atoms with Crippen molar-refractivity contribution in [3.63, 3.8) is 0 Å². The first-order valence-corrected chi connectivity index (χ1v) is 4.13. The van der Waals surface area contributed by atoms with E-state index in [9.17, 15) is 4.79 Å². The Morgan fingerprint density at radius 2 is 2.00 bits per heavy atom. The molecule has 0 aliphatic heterocycles. The van der Waals surface area contributed by atoms with E-state index in [0.717, 1.165) is 0 Å². The molecule has 0 fully saturated rings. The van der Waals surface area contributed by atoms with E-state index in [0.29, 0.717) is 13.1 Å². The van der Waals surface area contributed by atoms with Gasteiger partial charge in [-0.1, -0.05) is 12.2 Å². The van der Waals surface area contributed by atoms with E-state index in [2.05, 4.69) is 18.6 Å². The number of hydrogen-bond acceptors (Lipinski definition) is 3. The fourth-order valence-electron chi connectivity index (χ4n) is 1.01. The first-order valence-electron chi connectivity index (χ1n) is 4.13. The molecule has 0 aromatic carbocycles. The zero-order chi connectivity index (χ0) is 10.3. The van der Waals surface area contributed by atoms with Gasteiger partial charge in [-0.25, -0.2) is 5.84 Å². The number of carbonyl (C=O) groups excluding carboxylic acids is 1. The molecule has 0 aliphatic carbocycles. The Bertz CT molecular complexity index is 181. The molecular formula is C9H17N3O. The summed E-state index contributed by atoms with van der Waals surface area (Å²) in [6, 6.07) is -0.263. The van der Waals surface area contributed by atoms with Crippen LogP contribution in [0.2, 0.25) is 0 Å². The third-order valence-corrected chi connectivity index (χ3v) is 1.80. The van der Waals surface area contributed by atoms with Gasteiger partial charge in [0.15, 0.2) is 0 Å². The highest BCUT2D eigenvalue weighted by molar-refractivity contribution is 5.80. The Balaban J connectivity index is 4.24. The van der Waals surface area contributed by atoms with E-state index < -0.39 is 0 Å². The van der Waals surface area contributed by atoms with Gasteiger partial charge in [0.25, 0.3) is 5.91 Å². The Kier molecular flexibility index (Phi) is 5.84. The third-order valence-electron chi connectivity index (χ3n) is 1.80. The summed E-state index contributed by atoms with van der Waals surface area (Å²) in [5.41, 5.74) is 2.11. The van der Waals surface area contributed by atoms with Gasteiger partial charge in [-0.15, -0.1) is 13.2 Å². The highest BCUT2D eigenvalue weighted by Gasteiger charge is 2.17. The molecule has 0 aromatic rings. The minimum Gasteiger partial charge on any atom is -0.293 e. The molecule has 0 rings (SSSR count). The first kappa shape index (κ1) is 11.9. The second-order valence-electron chi connectivity index (χ2n) is 2.72. The molecule has 0 bridgehead atoms. The maximum Gasteiger partial charge on any atom is 0.250 e. The summed E-state index contributed by atoms with van der Waals surface area (Å²) >= 11 is 0. The van der Waals surface area contributed by atoms with E-state index >= 15 is 0 Å². The maximum absolute atomic E-state index is 11.2. The van der Waals surface area contributed by atoms with Gasteiger partial charge in [0.05, 0.1) is 6.04 Å². The lowest BCUT2D eigenvalue weighted by molar-refractivity contribution is -0.125. The molecule has 1 atom stereocenters. The number of amides is 1. The summed E-state index contributed by atoms with van der Waals surface area (Å²) in [5, 5.41) is 0. The molecule has 0 aliphatic rings. The van der Waals surface area contributed by atoms with Crippen LogP contribution in [0, 0.1) is 0 Å². The van der Waals surface area contributed by atoms with Gasteiger partial charge in [0, 0.05) is 13.1 Å². The van der Waals surface area contributed by atoms with Gasteiger partial charge >= 0.3 is 0 Å². The van der Waals surface area contributed by atoms with E-state index in [1.54, 1.807) is 19.1 Å². The van der Waals surface area contributed by atoms with Gasteiger partial charge in [-0.05, 0) is 6.92 Å². The smallest absolute Gasteiger partial charge is 0.250 e. The highest BCUT2D eigenvalue weighted by atomic mass is 16.2. The average molecular weight is 183 g/mol. The van der Waals surface area contributed by atoms with Crippen molar-refractivity contribution in [1.29, 1.82) is 0 Å². The molecule has 1 amide bonds. The van der Waals surface area contributed by atoms with Gasteiger partial charge in [0.2, 0.25) is 0 Å². The van der Waals surface area contributed by atoms with E-state index in [1.165, 1.54) is 0 Å². The molecule has 0 saturated carbocycles. The van der Waals surface area contributed by atoms with Crippen LogP contribution in [0.25, 0.3) is 0 Å². The van der Waals surface area contributed by atoms with Crippen molar-refractivity contribution in [2.75, 3.05) is 13.1 Å². The zero-order valence-corrected chi connectivity index (χ0v) is 7.99. The number of nitrogens with two attached hydrogens (primary N) is 1. The van der Waals surface area contributed by atoms with Gasteiger partial charge in [0.1, 0.15) is 0 Å². The van der Waals surface area contributed by atoms with E-state index in [1.807, 2.05) is 4.90 Å². The molecule has 1 unspecified atom stereocenters. The molecule has 13 heavy (non-hydrogen) atoms. The van der Waals surface area contributed by atoms with Gasteiger partial charge < -0.3 is 0 Å². The molecule has 74 valence electrons. The van der Waals surface area contributed by atoms with E-state index in [4.69, 9.17) is 5.84 Å². The minimum atomic E-state index is -0.263. The molecular weight excluding hydrogens is 166 g/mol. The lowest BCUT2D eigenvalue weighted by Crippen LogP contribution is -2.47. The van der Waals surface area contributed by atoms with Crippen LogP contribution in [0.3, 0.4) is 0 Å². The summed E-state index contributed by atoms with van der Waals surface area (Å²) in [4.78, 5) is 13.1. The van der Waals surface area contributed by atoms with Crippen molar-refractivity contribution in [2.45, 2.75) is 13.0 Å². The lowest BCUT2D eigenvalue weighted by atomic mass is 10.2. The Morgan fingerprint density at radius 1 is 1.54 bits per heavy atom. The molecule has 0 saturated heterocycles. The summed E-state index contributed by atoms with van der Waals surface area (Å²) in [7, 11) is 0. The van der Waals surface area contributed by atoms with Crippen LogP contribution < -0.4 is 11.3 Å². The monoisotopic (exact) mass is 183 g/mol. The standard InChI is InChI=1S/C9H17N3O/c1-4-6-12(7-5-2)8(3)9(13)11-10/h4-5,8H,1-2,6-7,10H2,3H3,(H,11,13). The second kappa shape index (κ2) is 6.39. The van der Waals surface area contributed by atoms with Crippen LogP contribution in [0.1, 0.15) is 6.92 Å². The Labute approximate surface area is 79.1 Å². The molecule has 0 aromatic heterocycles. The molecule has 0 radical (unpaired) electrons. The number of rotatable bonds is 6. The SMILES string of the molecule is C=CCN(CC=C)C(C)C(=O)NN. The summed E-state index contributed by atoms with van der Waals surface area (Å²) in [6.07, 6.45) is 3.48. The van der Waals surface area contributed by atoms with Crippen molar-refractivity contribution >= 4 is 5.91 Å². The summed E-state index contributed by atoms with van der Waals surface area (Å²) in [6.45, 7) is 10.3. The molecule has 4 nitrogen and oxygen atoms in total. The molecule has 3 N–H and O–H groups in total. The predicted octanol–water partition coefficient (Wildman–Crippen LogP) is 0.0388. The van der Waals surface area contributed by atoms with Crippen LogP contribution in [0.4, 0.5) is 0 Å². The number of carbonyl (C=O) groups is 1. The van der Waals surface area contributed by atoms with Crippen LogP contribution in [-0.2, 0) is 4.79 Å². The second-order valence-corrected chi connectivity index (χ2v) is 2.72. The summed E-state index contributed by atoms with van der Waals surface area (Å²) < 4.78 is 0. The first-order chi connectivity index (χ1) is 6.17. The van der Waals surface area contributed by atoms with Crippen molar-refractivity contribution in [2.24, 2.45) is 5.84 Å². The maximum atomic E-state index is 11.2. The zero-order valence-electron chi connectivity index (χ0n) is 7.99. The number of nitrogens with zero attached hydrogens (tertiary/aromatic N) is 1. The predicted molar refractivity (Wildman–Crippen MR) is 53.8 cm³/mol. The quantitative estimate of drug-likeness (QED) is 0.264. The van der Waals surface area contributed by atoms with Crippen LogP contribution >= 0.6 is 0 Å². The molecule has 0 spiro atoms. The van der Waals surface area contributed by atoms with Crippen molar-refractivity contribution < 1.29 is 4.79 Å².